The number of hydrogen-bond acceptors (Lipinski definition) is 5. The lowest BCUT2D eigenvalue weighted by molar-refractivity contribution is 0.0134. The minimum absolute atomic E-state index is 0.174. The highest BCUT2D eigenvalue weighted by Gasteiger charge is 2.25. The molecule has 27 heavy (non-hydrogen) atoms. The van der Waals surface area contributed by atoms with Gasteiger partial charge in [-0.15, -0.1) is 0 Å². The van der Waals surface area contributed by atoms with Crippen LogP contribution in [0.15, 0.2) is 17.0 Å². The van der Waals surface area contributed by atoms with Gasteiger partial charge in [-0.2, -0.15) is 0 Å². The van der Waals surface area contributed by atoms with E-state index in [0.29, 0.717) is 42.7 Å². The Balaban J connectivity index is 2.14. The normalized spacial score (nSPS) is 17.3. The van der Waals surface area contributed by atoms with Crippen LogP contribution in [0.5, 0.6) is 5.75 Å². The molecule has 2 rings (SSSR count). The molecule has 1 aliphatic heterocycles. The summed E-state index contributed by atoms with van der Waals surface area (Å²) in [4.78, 5) is 2.66. The number of morpholine rings is 1. The summed E-state index contributed by atoms with van der Waals surface area (Å²) >= 11 is 0. The van der Waals surface area contributed by atoms with Crippen LogP contribution in [0.4, 0.5) is 0 Å². The van der Waals surface area contributed by atoms with Crippen LogP contribution >= 0.6 is 0 Å². The van der Waals surface area contributed by atoms with E-state index in [4.69, 9.17) is 9.47 Å². The molecule has 0 aliphatic carbocycles. The largest absolute Gasteiger partial charge is 0.494 e. The fourth-order valence-corrected chi connectivity index (χ4v) is 4.88. The lowest BCUT2D eigenvalue weighted by Gasteiger charge is -2.35. The molecule has 0 saturated carbocycles. The number of benzene rings is 1. The molecule has 0 amide bonds. The van der Waals surface area contributed by atoms with Crippen molar-refractivity contribution in [1.82, 2.24) is 9.62 Å². The Labute approximate surface area is 164 Å². The summed E-state index contributed by atoms with van der Waals surface area (Å²) in [6.45, 7) is 14.0. The van der Waals surface area contributed by atoms with Crippen molar-refractivity contribution in [2.24, 2.45) is 5.92 Å². The van der Waals surface area contributed by atoms with Gasteiger partial charge < -0.3 is 9.47 Å². The van der Waals surface area contributed by atoms with E-state index in [2.05, 4.69) is 23.5 Å². The van der Waals surface area contributed by atoms with Gasteiger partial charge in [-0.3, -0.25) is 4.90 Å². The van der Waals surface area contributed by atoms with E-state index in [1.807, 2.05) is 20.8 Å². The number of hydrogen-bond donors (Lipinski definition) is 1. The molecule has 1 aliphatic rings. The van der Waals surface area contributed by atoms with Crippen molar-refractivity contribution in [3.63, 3.8) is 0 Å². The summed E-state index contributed by atoms with van der Waals surface area (Å²) in [6.07, 6.45) is 0.948. The first kappa shape index (κ1) is 22.1. The molecule has 6 nitrogen and oxygen atoms in total. The van der Waals surface area contributed by atoms with Crippen molar-refractivity contribution in [2.75, 3.05) is 39.5 Å². The van der Waals surface area contributed by atoms with Crippen LogP contribution in [0.3, 0.4) is 0 Å². The van der Waals surface area contributed by atoms with Gasteiger partial charge in [0.25, 0.3) is 0 Å². The molecular weight excluding hydrogens is 364 g/mol. The first-order valence-electron chi connectivity index (χ1n) is 9.80. The summed E-state index contributed by atoms with van der Waals surface area (Å²) in [5.74, 6) is 1.23. The number of aryl methyl sites for hydroxylation is 2. The highest BCUT2D eigenvalue weighted by Crippen LogP contribution is 2.26. The van der Waals surface area contributed by atoms with Gasteiger partial charge in [-0.05, 0) is 56.4 Å². The quantitative estimate of drug-likeness (QED) is 0.693. The van der Waals surface area contributed by atoms with Crippen molar-refractivity contribution in [1.29, 1.82) is 0 Å². The second kappa shape index (κ2) is 9.87. The van der Waals surface area contributed by atoms with Gasteiger partial charge in [-0.1, -0.05) is 13.8 Å². The van der Waals surface area contributed by atoms with Crippen LogP contribution in [-0.2, 0) is 14.8 Å². The minimum atomic E-state index is -3.58. The summed E-state index contributed by atoms with van der Waals surface area (Å²) in [6, 6.07) is 3.68. The molecule has 0 radical (unpaired) electrons. The van der Waals surface area contributed by atoms with E-state index in [9.17, 15) is 8.42 Å². The molecule has 1 unspecified atom stereocenters. The second-order valence-corrected chi connectivity index (χ2v) is 9.34. The maximum Gasteiger partial charge on any atom is 0.240 e. The highest BCUT2D eigenvalue weighted by atomic mass is 32.2. The van der Waals surface area contributed by atoms with Gasteiger partial charge in [-0.25, -0.2) is 13.1 Å². The Morgan fingerprint density at radius 1 is 1.19 bits per heavy atom. The third-order valence-corrected chi connectivity index (χ3v) is 6.44. The third-order valence-electron chi connectivity index (χ3n) is 4.88. The standard InChI is InChI=1S/C20H34N2O4S/c1-6-26-19-12-17(5)20(13-16(19)4)27(23,24)21-14-18(11-15(2)3)22-7-9-25-10-8-22/h12-13,15,18,21H,6-11,14H2,1-5H3. The van der Waals surface area contributed by atoms with Crippen molar-refractivity contribution < 1.29 is 17.9 Å². The average molecular weight is 399 g/mol. The zero-order valence-electron chi connectivity index (χ0n) is 17.2. The maximum absolute atomic E-state index is 13.0. The monoisotopic (exact) mass is 398 g/mol. The van der Waals surface area contributed by atoms with Crippen LogP contribution in [-0.4, -0.2) is 58.8 Å². The average Bonchev–Trinajstić information content (AvgIpc) is 2.62. The van der Waals surface area contributed by atoms with Gasteiger partial charge in [0, 0.05) is 25.7 Å². The van der Waals surface area contributed by atoms with Crippen LogP contribution in [0.2, 0.25) is 0 Å². The topological polar surface area (TPSA) is 67.9 Å². The second-order valence-electron chi connectivity index (χ2n) is 7.60. The number of rotatable bonds is 9. The highest BCUT2D eigenvalue weighted by molar-refractivity contribution is 7.89. The lowest BCUT2D eigenvalue weighted by Crippen LogP contribution is -2.49. The van der Waals surface area contributed by atoms with Gasteiger partial charge in [0.1, 0.15) is 5.75 Å². The fourth-order valence-electron chi connectivity index (χ4n) is 3.50. The van der Waals surface area contributed by atoms with Crippen LogP contribution in [0, 0.1) is 19.8 Å². The summed E-state index contributed by atoms with van der Waals surface area (Å²) < 4.78 is 39.8. The van der Waals surface area contributed by atoms with E-state index in [-0.39, 0.29) is 6.04 Å². The fraction of sp³-hybridized carbons (Fsp3) is 0.700. The van der Waals surface area contributed by atoms with Gasteiger partial charge >= 0.3 is 0 Å². The molecule has 1 atom stereocenters. The molecule has 0 bridgehead atoms. The molecule has 1 heterocycles. The summed E-state index contributed by atoms with van der Waals surface area (Å²) in [5.41, 5.74) is 1.53. The predicted octanol–water partition coefficient (Wildman–Crippen LogP) is 2.73. The van der Waals surface area contributed by atoms with E-state index in [1.165, 1.54) is 0 Å². The lowest BCUT2D eigenvalue weighted by atomic mass is 10.0. The third kappa shape index (κ3) is 6.17. The van der Waals surface area contributed by atoms with Crippen molar-refractivity contribution in [3.8, 4) is 5.75 Å². The van der Waals surface area contributed by atoms with E-state index in [1.54, 1.807) is 12.1 Å². The van der Waals surface area contributed by atoms with Crippen molar-refractivity contribution in [3.05, 3.63) is 23.3 Å². The predicted molar refractivity (Wildman–Crippen MR) is 108 cm³/mol. The molecule has 1 fully saturated rings. The molecular formula is C20H34N2O4S. The van der Waals surface area contributed by atoms with Gasteiger partial charge in [0.05, 0.1) is 24.7 Å². The van der Waals surface area contributed by atoms with Gasteiger partial charge in [0.2, 0.25) is 10.0 Å². The first-order valence-corrected chi connectivity index (χ1v) is 11.3. The zero-order valence-corrected chi connectivity index (χ0v) is 18.1. The molecule has 1 N–H and O–H groups in total. The molecule has 7 heteroatoms. The molecule has 1 aromatic carbocycles. The Hall–Kier alpha value is -1.15. The Kier molecular flexibility index (Phi) is 8.09. The Morgan fingerprint density at radius 3 is 2.44 bits per heavy atom. The summed E-state index contributed by atoms with van der Waals surface area (Å²) in [5, 5.41) is 0. The number of nitrogens with zero attached hydrogens (tertiary/aromatic N) is 1. The number of sulfonamides is 1. The van der Waals surface area contributed by atoms with Gasteiger partial charge in [0.15, 0.2) is 0 Å². The minimum Gasteiger partial charge on any atom is -0.494 e. The SMILES string of the molecule is CCOc1cc(C)c(S(=O)(=O)NCC(CC(C)C)N2CCOCC2)cc1C. The van der Waals surface area contributed by atoms with Crippen LogP contribution in [0.25, 0.3) is 0 Å². The van der Waals surface area contributed by atoms with Crippen molar-refractivity contribution in [2.45, 2.75) is 52.0 Å². The maximum atomic E-state index is 13.0. The van der Waals surface area contributed by atoms with E-state index in [0.717, 1.165) is 30.8 Å². The molecule has 1 saturated heterocycles. The Morgan fingerprint density at radius 2 is 1.85 bits per heavy atom. The summed E-state index contributed by atoms with van der Waals surface area (Å²) in [7, 11) is -3.58. The number of ether oxygens (including phenoxy) is 2. The van der Waals surface area contributed by atoms with Crippen LogP contribution in [0.1, 0.15) is 38.3 Å². The zero-order chi connectivity index (χ0) is 20.0. The number of nitrogens with one attached hydrogen (secondary N) is 1. The first-order chi connectivity index (χ1) is 12.7. The molecule has 0 aromatic heterocycles. The van der Waals surface area contributed by atoms with Crippen molar-refractivity contribution >= 4 is 10.0 Å². The van der Waals surface area contributed by atoms with E-state index < -0.39 is 10.0 Å². The van der Waals surface area contributed by atoms with E-state index >= 15 is 0 Å². The molecule has 1 aromatic rings. The van der Waals surface area contributed by atoms with Crippen LogP contribution < -0.4 is 9.46 Å². The molecule has 0 spiro atoms. The molecule has 154 valence electrons. The smallest absolute Gasteiger partial charge is 0.240 e. The Bertz CT molecular complexity index is 713.